The second-order valence-electron chi connectivity index (χ2n) is 7.38. The van der Waals surface area contributed by atoms with Crippen LogP contribution in [0, 0.1) is 0 Å². The third kappa shape index (κ3) is 4.74. The maximum Gasteiger partial charge on any atom is 0.251 e. The van der Waals surface area contributed by atoms with Crippen LogP contribution in [0.5, 0.6) is 0 Å². The smallest absolute Gasteiger partial charge is 0.251 e. The molecule has 0 unspecified atom stereocenters. The van der Waals surface area contributed by atoms with Crippen molar-refractivity contribution in [2.24, 2.45) is 7.05 Å². The highest BCUT2D eigenvalue weighted by Gasteiger charge is 2.18. The van der Waals surface area contributed by atoms with Crippen molar-refractivity contribution >= 4 is 17.5 Å². The number of carbonyl (C=O) groups is 1. The fourth-order valence-electron chi connectivity index (χ4n) is 3.52. The number of aryl methyl sites for hydroxylation is 1. The number of rotatable bonds is 8. The van der Waals surface area contributed by atoms with Crippen molar-refractivity contribution in [3.63, 3.8) is 0 Å². The van der Waals surface area contributed by atoms with Crippen LogP contribution in [0.3, 0.4) is 0 Å². The largest absolute Gasteiger partial charge is 0.380 e. The average molecular weight is 450 g/mol. The van der Waals surface area contributed by atoms with Crippen LogP contribution in [0.4, 0.5) is 0 Å². The third-order valence-electron chi connectivity index (χ3n) is 5.16. The molecule has 0 saturated carbocycles. The van der Waals surface area contributed by atoms with Gasteiger partial charge < -0.3 is 14.6 Å². The van der Waals surface area contributed by atoms with E-state index in [2.05, 4.69) is 15.4 Å². The molecule has 4 rings (SSSR count). The van der Waals surface area contributed by atoms with Gasteiger partial charge in [-0.3, -0.25) is 9.48 Å². The number of carbonyl (C=O) groups excluding carboxylic acids is 1. The van der Waals surface area contributed by atoms with Crippen LogP contribution < -0.4 is 5.32 Å². The maximum absolute atomic E-state index is 12.5. The number of ether oxygens (including phenoxy) is 1. The monoisotopic (exact) mass is 449 g/mol. The molecule has 8 heteroatoms. The molecule has 0 aliphatic heterocycles. The van der Waals surface area contributed by atoms with Gasteiger partial charge in [-0.2, -0.15) is 5.10 Å². The summed E-state index contributed by atoms with van der Waals surface area (Å²) >= 11 is 6.06. The lowest BCUT2D eigenvalue weighted by Gasteiger charge is -2.11. The second-order valence-corrected chi connectivity index (χ2v) is 7.82. The predicted octanol–water partition coefficient (Wildman–Crippen LogP) is 4.18. The topological polar surface area (TPSA) is 74.0 Å². The van der Waals surface area contributed by atoms with E-state index in [4.69, 9.17) is 16.3 Å². The van der Waals surface area contributed by atoms with Crippen molar-refractivity contribution in [1.29, 1.82) is 0 Å². The van der Waals surface area contributed by atoms with E-state index in [0.717, 1.165) is 28.2 Å². The van der Waals surface area contributed by atoms with Gasteiger partial charge >= 0.3 is 0 Å². The lowest BCUT2D eigenvalue weighted by atomic mass is 10.1. The Kier molecular flexibility index (Phi) is 6.68. The Bertz CT molecular complexity index is 1200. The number of halogens is 1. The normalized spacial score (nSPS) is 11.0. The number of nitrogens with one attached hydrogen (secondary N) is 1. The average Bonchev–Trinajstić information content (AvgIpc) is 3.40. The minimum atomic E-state index is -0.127. The molecule has 1 N–H and O–H groups in total. The number of hydrogen-bond acceptors (Lipinski definition) is 4. The first-order valence-corrected chi connectivity index (χ1v) is 10.6. The fraction of sp³-hybridized carbons (Fsp3) is 0.208. The number of benzene rings is 2. The van der Waals surface area contributed by atoms with Gasteiger partial charge in [-0.25, -0.2) is 4.98 Å². The minimum Gasteiger partial charge on any atom is -0.380 e. The van der Waals surface area contributed by atoms with Crippen molar-refractivity contribution in [2.75, 3.05) is 13.7 Å². The van der Waals surface area contributed by atoms with Crippen molar-refractivity contribution in [3.05, 3.63) is 83.3 Å². The molecule has 2 aromatic heterocycles. The molecular formula is C24H24ClN5O2. The predicted molar refractivity (Wildman–Crippen MR) is 124 cm³/mol. The van der Waals surface area contributed by atoms with Crippen molar-refractivity contribution in [1.82, 2.24) is 24.6 Å². The molecule has 0 aliphatic carbocycles. The SMILES string of the molecule is COCc1ccc(C(=O)NCCn2ncc(-c3ccc(Cl)cc3)c2-c2nccn2C)cc1. The molecule has 0 aliphatic rings. The van der Waals surface area contributed by atoms with Crippen molar-refractivity contribution in [3.8, 4) is 22.6 Å². The zero-order chi connectivity index (χ0) is 22.5. The first-order valence-electron chi connectivity index (χ1n) is 10.2. The highest BCUT2D eigenvalue weighted by molar-refractivity contribution is 6.30. The van der Waals surface area contributed by atoms with Gasteiger partial charge in [0, 0.05) is 49.2 Å². The summed E-state index contributed by atoms with van der Waals surface area (Å²) in [4.78, 5) is 17.0. The molecule has 4 aromatic rings. The van der Waals surface area contributed by atoms with Crippen LogP contribution >= 0.6 is 11.6 Å². The van der Waals surface area contributed by atoms with Crippen LogP contribution in [0.1, 0.15) is 15.9 Å². The van der Waals surface area contributed by atoms with Crippen LogP contribution in [-0.2, 0) is 24.9 Å². The molecule has 0 spiro atoms. The van der Waals surface area contributed by atoms with Crippen LogP contribution in [0.25, 0.3) is 22.6 Å². The summed E-state index contributed by atoms with van der Waals surface area (Å²) in [5, 5.41) is 8.22. The molecule has 0 fully saturated rings. The van der Waals surface area contributed by atoms with Crippen molar-refractivity contribution < 1.29 is 9.53 Å². The quantitative estimate of drug-likeness (QED) is 0.438. The third-order valence-corrected chi connectivity index (χ3v) is 5.42. The Morgan fingerprint density at radius 2 is 1.88 bits per heavy atom. The zero-order valence-electron chi connectivity index (χ0n) is 18.0. The van der Waals surface area contributed by atoms with Crippen LogP contribution in [0.2, 0.25) is 5.02 Å². The van der Waals surface area contributed by atoms with E-state index in [1.807, 2.05) is 65.1 Å². The van der Waals surface area contributed by atoms with Gasteiger partial charge in [-0.15, -0.1) is 0 Å². The number of imidazole rings is 1. The van der Waals surface area contributed by atoms with Gasteiger partial charge in [0.05, 0.1) is 19.3 Å². The maximum atomic E-state index is 12.5. The van der Waals surface area contributed by atoms with E-state index >= 15 is 0 Å². The number of amides is 1. The van der Waals surface area contributed by atoms with Gasteiger partial charge in [0.15, 0.2) is 5.82 Å². The van der Waals surface area contributed by atoms with Crippen molar-refractivity contribution in [2.45, 2.75) is 13.2 Å². The summed E-state index contributed by atoms with van der Waals surface area (Å²) in [5.41, 5.74) is 4.47. The first-order chi connectivity index (χ1) is 15.6. The van der Waals surface area contributed by atoms with Crippen LogP contribution in [-0.4, -0.2) is 38.9 Å². The van der Waals surface area contributed by atoms with E-state index < -0.39 is 0 Å². The summed E-state index contributed by atoms with van der Waals surface area (Å²) < 4.78 is 8.93. The second kappa shape index (κ2) is 9.80. The summed E-state index contributed by atoms with van der Waals surface area (Å²) in [6.45, 7) is 1.45. The van der Waals surface area contributed by atoms with Gasteiger partial charge in [0.25, 0.3) is 5.91 Å². The Balaban J connectivity index is 1.52. The molecule has 0 saturated heterocycles. The van der Waals surface area contributed by atoms with E-state index in [0.29, 0.717) is 30.3 Å². The molecule has 1 amide bonds. The molecule has 32 heavy (non-hydrogen) atoms. The molecule has 0 atom stereocenters. The van der Waals surface area contributed by atoms with E-state index in [9.17, 15) is 4.79 Å². The van der Waals surface area contributed by atoms with Gasteiger partial charge in [0.1, 0.15) is 5.69 Å². The summed E-state index contributed by atoms with van der Waals surface area (Å²) in [7, 11) is 3.59. The summed E-state index contributed by atoms with van der Waals surface area (Å²) in [6, 6.07) is 15.0. The standard InChI is InChI=1S/C24H24ClN5O2/c1-29-13-11-26-23(29)22-21(18-7-9-20(25)10-8-18)15-28-30(22)14-12-27-24(31)19-5-3-17(4-6-19)16-32-2/h3-11,13,15H,12,14,16H2,1-2H3,(H,27,31). The van der Waals surface area contributed by atoms with E-state index in [1.165, 1.54) is 0 Å². The molecule has 2 heterocycles. The van der Waals surface area contributed by atoms with Gasteiger partial charge in [-0.1, -0.05) is 35.9 Å². The molecule has 2 aromatic carbocycles. The highest BCUT2D eigenvalue weighted by atomic mass is 35.5. The first kappa shape index (κ1) is 21.8. The number of aromatic nitrogens is 4. The fourth-order valence-corrected chi connectivity index (χ4v) is 3.65. The molecule has 0 bridgehead atoms. The van der Waals surface area contributed by atoms with E-state index in [1.54, 1.807) is 25.4 Å². The zero-order valence-corrected chi connectivity index (χ0v) is 18.7. The van der Waals surface area contributed by atoms with Gasteiger partial charge in [-0.05, 0) is 35.4 Å². The molecule has 7 nitrogen and oxygen atoms in total. The Morgan fingerprint density at radius 1 is 1.12 bits per heavy atom. The Labute approximate surface area is 191 Å². The van der Waals surface area contributed by atoms with Crippen LogP contribution in [0.15, 0.2) is 67.1 Å². The number of nitrogens with zero attached hydrogens (tertiary/aromatic N) is 4. The lowest BCUT2D eigenvalue weighted by molar-refractivity contribution is 0.0952. The Morgan fingerprint density at radius 3 is 2.53 bits per heavy atom. The number of methoxy groups -OCH3 is 1. The summed E-state index contributed by atoms with van der Waals surface area (Å²) in [5.74, 6) is 0.671. The minimum absolute atomic E-state index is 0.127. The lowest BCUT2D eigenvalue weighted by Crippen LogP contribution is -2.27. The highest BCUT2D eigenvalue weighted by Crippen LogP contribution is 2.31. The Hall–Kier alpha value is -3.42. The molecule has 164 valence electrons. The molecular weight excluding hydrogens is 426 g/mol. The van der Waals surface area contributed by atoms with E-state index in [-0.39, 0.29) is 5.91 Å². The van der Waals surface area contributed by atoms with Gasteiger partial charge in [0.2, 0.25) is 0 Å². The number of hydrogen-bond donors (Lipinski definition) is 1. The molecule has 0 radical (unpaired) electrons. The summed E-state index contributed by atoms with van der Waals surface area (Å²) in [6.07, 6.45) is 5.48.